The minimum atomic E-state index is -0.128. The molecular formula is C9H12ClNO2. The third-order valence-electron chi connectivity index (χ3n) is 1.75. The number of rotatable bonds is 3. The number of methoxy groups -OCH3 is 1. The summed E-state index contributed by atoms with van der Waals surface area (Å²) in [6, 6.07) is 3.55. The highest BCUT2D eigenvalue weighted by Gasteiger charge is 2.05. The minimum Gasteiger partial charge on any atom is -0.495 e. The normalized spacial score (nSPS) is 9.85. The minimum absolute atomic E-state index is 0.128. The third-order valence-corrected chi connectivity index (χ3v) is 2.16. The Kier molecular flexibility index (Phi) is 3.39. The van der Waals surface area contributed by atoms with Gasteiger partial charge in [-0.3, -0.25) is 0 Å². The first-order valence-electron chi connectivity index (χ1n) is 3.88. The fraction of sp³-hybridized carbons (Fsp3) is 0.333. The summed E-state index contributed by atoms with van der Waals surface area (Å²) in [6.07, 6.45) is 0. The number of benzene rings is 1. The van der Waals surface area contributed by atoms with Crippen molar-refractivity contribution in [1.82, 2.24) is 0 Å². The van der Waals surface area contributed by atoms with Crippen LogP contribution in [0.4, 0.5) is 5.69 Å². The van der Waals surface area contributed by atoms with Gasteiger partial charge in [0.25, 0.3) is 0 Å². The van der Waals surface area contributed by atoms with Crippen LogP contribution in [0.15, 0.2) is 12.1 Å². The van der Waals surface area contributed by atoms with Gasteiger partial charge in [0.05, 0.1) is 12.8 Å². The zero-order valence-electron chi connectivity index (χ0n) is 7.60. The first kappa shape index (κ1) is 10.2. The predicted molar refractivity (Wildman–Crippen MR) is 53.4 cm³/mol. The van der Waals surface area contributed by atoms with Crippen molar-refractivity contribution in [2.24, 2.45) is 0 Å². The van der Waals surface area contributed by atoms with Gasteiger partial charge in [-0.15, -0.1) is 0 Å². The second-order valence-electron chi connectivity index (χ2n) is 2.64. The Morgan fingerprint density at radius 2 is 2.23 bits per heavy atom. The Morgan fingerprint density at radius 1 is 1.54 bits per heavy atom. The zero-order chi connectivity index (χ0) is 9.84. The van der Waals surface area contributed by atoms with Crippen LogP contribution >= 0.6 is 11.6 Å². The maximum atomic E-state index is 8.70. The molecule has 0 amide bonds. The number of halogens is 1. The van der Waals surface area contributed by atoms with Crippen molar-refractivity contribution >= 4 is 17.3 Å². The quantitative estimate of drug-likeness (QED) is 0.736. The first-order chi connectivity index (χ1) is 6.19. The van der Waals surface area contributed by atoms with E-state index in [1.807, 2.05) is 13.0 Å². The van der Waals surface area contributed by atoms with Gasteiger partial charge in [-0.05, 0) is 18.6 Å². The molecule has 0 unspecified atom stereocenters. The topological polar surface area (TPSA) is 41.5 Å². The Balaban J connectivity index is 3.09. The Labute approximate surface area is 82.3 Å². The van der Waals surface area contributed by atoms with Crippen molar-refractivity contribution in [3.8, 4) is 5.75 Å². The highest BCUT2D eigenvalue weighted by molar-refractivity contribution is 6.31. The monoisotopic (exact) mass is 201 g/mol. The molecule has 0 bridgehead atoms. The molecule has 3 nitrogen and oxygen atoms in total. The number of aliphatic hydroxyl groups is 1. The van der Waals surface area contributed by atoms with Crippen molar-refractivity contribution in [2.45, 2.75) is 6.92 Å². The molecule has 0 aromatic heterocycles. The highest BCUT2D eigenvalue weighted by atomic mass is 35.5. The Bertz CT molecular complexity index is 302. The molecular weight excluding hydrogens is 190 g/mol. The first-order valence-corrected chi connectivity index (χ1v) is 4.25. The van der Waals surface area contributed by atoms with Crippen molar-refractivity contribution in [3.05, 3.63) is 22.7 Å². The average molecular weight is 202 g/mol. The molecule has 13 heavy (non-hydrogen) atoms. The van der Waals surface area contributed by atoms with E-state index in [0.717, 1.165) is 11.3 Å². The van der Waals surface area contributed by atoms with Gasteiger partial charge in [0.2, 0.25) is 0 Å². The molecule has 1 aromatic rings. The van der Waals surface area contributed by atoms with Gasteiger partial charge < -0.3 is 15.2 Å². The second kappa shape index (κ2) is 4.35. The van der Waals surface area contributed by atoms with Crippen LogP contribution in [0.25, 0.3) is 0 Å². The lowest BCUT2D eigenvalue weighted by Crippen LogP contribution is -2.02. The van der Waals surface area contributed by atoms with Crippen LogP contribution in [0.5, 0.6) is 5.75 Å². The summed E-state index contributed by atoms with van der Waals surface area (Å²) in [6.45, 7) is 1.77. The van der Waals surface area contributed by atoms with Crippen LogP contribution in [-0.4, -0.2) is 18.9 Å². The summed E-state index contributed by atoms with van der Waals surface area (Å²) in [7, 11) is 1.56. The van der Waals surface area contributed by atoms with E-state index in [9.17, 15) is 0 Å². The molecule has 0 saturated heterocycles. The highest BCUT2D eigenvalue weighted by Crippen LogP contribution is 2.30. The molecule has 0 heterocycles. The average Bonchev–Trinajstić information content (AvgIpc) is 2.11. The lowest BCUT2D eigenvalue weighted by Gasteiger charge is -2.10. The SMILES string of the molecule is COc1cc(Cl)c(C)cc1NCO. The van der Waals surface area contributed by atoms with Gasteiger partial charge in [0, 0.05) is 11.1 Å². The molecule has 0 spiro atoms. The summed E-state index contributed by atoms with van der Waals surface area (Å²) in [5, 5.41) is 12.1. The molecule has 0 aliphatic heterocycles. The van der Waals surface area contributed by atoms with E-state index < -0.39 is 0 Å². The number of anilines is 1. The van der Waals surface area contributed by atoms with Gasteiger partial charge in [-0.25, -0.2) is 0 Å². The molecule has 1 rings (SSSR count). The lowest BCUT2D eigenvalue weighted by molar-refractivity contribution is 0.324. The van der Waals surface area contributed by atoms with Crippen LogP contribution in [-0.2, 0) is 0 Å². The lowest BCUT2D eigenvalue weighted by atomic mass is 10.2. The van der Waals surface area contributed by atoms with Gasteiger partial charge in [0.15, 0.2) is 0 Å². The summed E-state index contributed by atoms with van der Waals surface area (Å²) in [5.74, 6) is 0.629. The van der Waals surface area contributed by atoms with E-state index in [1.165, 1.54) is 0 Å². The summed E-state index contributed by atoms with van der Waals surface area (Å²) in [5.41, 5.74) is 1.69. The van der Waals surface area contributed by atoms with Crippen LogP contribution in [0.2, 0.25) is 5.02 Å². The Morgan fingerprint density at radius 3 is 2.77 bits per heavy atom. The molecule has 0 saturated carbocycles. The van der Waals surface area contributed by atoms with Crippen molar-refractivity contribution in [2.75, 3.05) is 19.2 Å². The van der Waals surface area contributed by atoms with Gasteiger partial charge in [-0.1, -0.05) is 11.6 Å². The molecule has 0 aliphatic carbocycles. The fourth-order valence-corrected chi connectivity index (χ4v) is 1.21. The van der Waals surface area contributed by atoms with E-state index in [2.05, 4.69) is 5.32 Å². The third kappa shape index (κ3) is 2.26. The van der Waals surface area contributed by atoms with E-state index in [1.54, 1.807) is 13.2 Å². The largest absolute Gasteiger partial charge is 0.495 e. The van der Waals surface area contributed by atoms with E-state index in [4.69, 9.17) is 21.4 Å². The van der Waals surface area contributed by atoms with Crippen LogP contribution < -0.4 is 10.1 Å². The second-order valence-corrected chi connectivity index (χ2v) is 3.04. The zero-order valence-corrected chi connectivity index (χ0v) is 8.35. The molecule has 0 aliphatic rings. The number of nitrogens with one attached hydrogen (secondary N) is 1. The summed E-state index contributed by atoms with van der Waals surface area (Å²) in [4.78, 5) is 0. The predicted octanol–water partition coefficient (Wildman–Crippen LogP) is 2.02. The molecule has 0 fully saturated rings. The van der Waals surface area contributed by atoms with Crippen molar-refractivity contribution in [3.63, 3.8) is 0 Å². The fourth-order valence-electron chi connectivity index (χ4n) is 1.06. The number of aryl methyl sites for hydroxylation is 1. The van der Waals surface area contributed by atoms with Crippen molar-refractivity contribution in [1.29, 1.82) is 0 Å². The van der Waals surface area contributed by atoms with Gasteiger partial charge in [0.1, 0.15) is 12.5 Å². The molecule has 2 N–H and O–H groups in total. The summed E-state index contributed by atoms with van der Waals surface area (Å²) < 4.78 is 5.08. The van der Waals surface area contributed by atoms with Crippen molar-refractivity contribution < 1.29 is 9.84 Å². The smallest absolute Gasteiger partial charge is 0.143 e. The van der Waals surface area contributed by atoms with E-state index in [0.29, 0.717) is 10.8 Å². The standard InChI is InChI=1S/C9H12ClNO2/c1-6-3-8(11-5-12)9(13-2)4-7(6)10/h3-4,11-12H,5H2,1-2H3. The number of hydrogen-bond donors (Lipinski definition) is 2. The molecule has 4 heteroatoms. The Hall–Kier alpha value is -0.930. The van der Waals surface area contributed by atoms with Crippen LogP contribution in [0, 0.1) is 6.92 Å². The van der Waals surface area contributed by atoms with Gasteiger partial charge >= 0.3 is 0 Å². The number of ether oxygens (including phenoxy) is 1. The van der Waals surface area contributed by atoms with Crippen LogP contribution in [0.3, 0.4) is 0 Å². The van der Waals surface area contributed by atoms with E-state index in [-0.39, 0.29) is 6.73 Å². The molecule has 72 valence electrons. The summed E-state index contributed by atoms with van der Waals surface area (Å²) >= 11 is 5.89. The van der Waals surface area contributed by atoms with Gasteiger partial charge in [-0.2, -0.15) is 0 Å². The maximum absolute atomic E-state index is 8.70. The molecule has 1 aromatic carbocycles. The molecule has 0 atom stereocenters. The maximum Gasteiger partial charge on any atom is 0.143 e. The number of aliphatic hydroxyl groups excluding tert-OH is 1. The number of hydrogen-bond acceptors (Lipinski definition) is 3. The molecule has 0 radical (unpaired) electrons. The van der Waals surface area contributed by atoms with E-state index >= 15 is 0 Å². The van der Waals surface area contributed by atoms with Crippen LogP contribution in [0.1, 0.15) is 5.56 Å².